The summed E-state index contributed by atoms with van der Waals surface area (Å²) in [5.74, 6) is -5.32. The molecule has 4 N–H and O–H groups in total. The van der Waals surface area contributed by atoms with E-state index in [2.05, 4.69) is 0 Å². The summed E-state index contributed by atoms with van der Waals surface area (Å²) in [6.07, 6.45) is 2.37. The molecule has 0 aromatic heterocycles. The van der Waals surface area contributed by atoms with Crippen LogP contribution in [0.25, 0.3) is 6.08 Å². The quantitative estimate of drug-likeness (QED) is 0.421. The molecule has 0 amide bonds. The van der Waals surface area contributed by atoms with E-state index in [0.29, 0.717) is 5.56 Å². The molecule has 0 saturated heterocycles. The molecule has 74 valence electrons. The van der Waals surface area contributed by atoms with Crippen molar-refractivity contribution in [2.75, 3.05) is 0 Å². The summed E-state index contributed by atoms with van der Waals surface area (Å²) < 4.78 is 0. The van der Waals surface area contributed by atoms with Crippen LogP contribution < -0.4 is 0 Å². The summed E-state index contributed by atoms with van der Waals surface area (Å²) in [4.78, 5) is 0. The van der Waals surface area contributed by atoms with Crippen LogP contribution in [-0.2, 0) is 5.79 Å². The molecule has 1 aromatic carbocycles. The lowest BCUT2D eigenvalue weighted by atomic mass is 9.87. The van der Waals surface area contributed by atoms with Crippen LogP contribution in [-0.4, -0.2) is 26.2 Å². The van der Waals surface area contributed by atoms with E-state index >= 15 is 0 Å². The molecule has 0 unspecified atom stereocenters. The molecule has 14 heavy (non-hydrogen) atoms. The predicted octanol–water partition coefficient (Wildman–Crippen LogP) is -0.468. The van der Waals surface area contributed by atoms with Crippen molar-refractivity contribution in [2.45, 2.75) is 11.6 Å². The fourth-order valence-electron chi connectivity index (χ4n) is 1.48. The summed E-state index contributed by atoms with van der Waals surface area (Å²) in [6, 6.07) is 6.40. The first-order chi connectivity index (χ1) is 6.45. The summed E-state index contributed by atoms with van der Waals surface area (Å²) in [6.45, 7) is 0. The van der Waals surface area contributed by atoms with Gasteiger partial charge in [0.1, 0.15) is 0 Å². The van der Waals surface area contributed by atoms with Gasteiger partial charge in [0, 0.05) is 5.56 Å². The Morgan fingerprint density at radius 3 is 2.29 bits per heavy atom. The molecule has 0 bridgehead atoms. The minimum absolute atomic E-state index is 0.0764. The zero-order valence-corrected chi connectivity index (χ0v) is 7.25. The number of hydrogen-bond acceptors (Lipinski definition) is 4. The first-order valence-corrected chi connectivity index (χ1v) is 4.13. The van der Waals surface area contributed by atoms with Gasteiger partial charge in [-0.1, -0.05) is 30.3 Å². The Labute approximate surface area is 80.4 Å². The van der Waals surface area contributed by atoms with E-state index in [0.717, 1.165) is 6.08 Å². The van der Waals surface area contributed by atoms with Crippen LogP contribution in [0, 0.1) is 0 Å². The molecule has 0 atom stereocenters. The summed E-state index contributed by atoms with van der Waals surface area (Å²) in [5, 5.41) is 37.8. The lowest BCUT2D eigenvalue weighted by molar-refractivity contribution is -0.343. The first kappa shape index (κ1) is 9.36. The second-order valence-corrected chi connectivity index (χ2v) is 3.32. The van der Waals surface area contributed by atoms with Gasteiger partial charge >= 0.3 is 0 Å². The largest absolute Gasteiger partial charge is 0.358 e. The molecule has 1 aliphatic carbocycles. The highest BCUT2D eigenvalue weighted by molar-refractivity contribution is 5.59. The standard InChI is InChI=1S/C10H10O4/c11-9(12)6-5-7-3-1-2-4-8(7)10(9,13)14/h1-6,11-14H. The van der Waals surface area contributed by atoms with Crippen LogP contribution >= 0.6 is 0 Å². The summed E-state index contributed by atoms with van der Waals surface area (Å²) >= 11 is 0. The molecule has 0 heterocycles. The molecule has 0 radical (unpaired) electrons. The maximum atomic E-state index is 9.56. The SMILES string of the molecule is OC1(O)C=Cc2ccccc2C1(O)O. The molecular weight excluding hydrogens is 184 g/mol. The molecule has 0 saturated carbocycles. The van der Waals surface area contributed by atoms with Crippen LogP contribution in [0.5, 0.6) is 0 Å². The second kappa shape index (κ2) is 2.65. The average molecular weight is 194 g/mol. The van der Waals surface area contributed by atoms with Gasteiger partial charge in [0.15, 0.2) is 0 Å². The van der Waals surface area contributed by atoms with Gasteiger partial charge in [-0.15, -0.1) is 0 Å². The fourth-order valence-corrected chi connectivity index (χ4v) is 1.48. The van der Waals surface area contributed by atoms with Gasteiger partial charge in [-0.3, -0.25) is 0 Å². The first-order valence-electron chi connectivity index (χ1n) is 4.13. The molecule has 4 heteroatoms. The molecule has 2 rings (SSSR count). The highest BCUT2D eigenvalue weighted by atomic mass is 16.6. The van der Waals surface area contributed by atoms with Crippen molar-refractivity contribution in [3.05, 3.63) is 41.5 Å². The van der Waals surface area contributed by atoms with Crippen molar-refractivity contribution in [1.29, 1.82) is 0 Å². The van der Waals surface area contributed by atoms with Gasteiger partial charge in [0.05, 0.1) is 0 Å². The number of hydrogen-bond donors (Lipinski definition) is 4. The van der Waals surface area contributed by atoms with E-state index in [4.69, 9.17) is 0 Å². The van der Waals surface area contributed by atoms with Crippen molar-refractivity contribution < 1.29 is 20.4 Å². The third kappa shape index (κ3) is 1.09. The third-order valence-electron chi connectivity index (χ3n) is 2.34. The van der Waals surface area contributed by atoms with Gasteiger partial charge in [0.25, 0.3) is 5.79 Å². The molecule has 0 aliphatic heterocycles. The van der Waals surface area contributed by atoms with Gasteiger partial charge < -0.3 is 20.4 Å². The zero-order valence-electron chi connectivity index (χ0n) is 7.25. The summed E-state index contributed by atoms with van der Waals surface area (Å²) in [5.41, 5.74) is 0.628. The number of fused-ring (bicyclic) bond motifs is 1. The molecule has 0 spiro atoms. The van der Waals surface area contributed by atoms with E-state index in [1.54, 1.807) is 18.2 Å². The lowest BCUT2D eigenvalue weighted by Crippen LogP contribution is -2.52. The molecular formula is C10H10O4. The monoisotopic (exact) mass is 194 g/mol. The van der Waals surface area contributed by atoms with E-state index in [9.17, 15) is 20.4 Å². The van der Waals surface area contributed by atoms with Crippen molar-refractivity contribution in [2.24, 2.45) is 0 Å². The molecule has 1 aromatic rings. The minimum Gasteiger partial charge on any atom is -0.358 e. The number of benzene rings is 1. The van der Waals surface area contributed by atoms with Gasteiger partial charge in [-0.25, -0.2) is 0 Å². The molecule has 0 fully saturated rings. The van der Waals surface area contributed by atoms with Crippen molar-refractivity contribution in [3.63, 3.8) is 0 Å². The Hall–Kier alpha value is -1.20. The van der Waals surface area contributed by atoms with Crippen LogP contribution in [0.2, 0.25) is 0 Å². The lowest BCUT2D eigenvalue weighted by Gasteiger charge is -2.36. The Kier molecular flexibility index (Phi) is 1.77. The smallest absolute Gasteiger partial charge is 0.250 e. The predicted molar refractivity (Wildman–Crippen MR) is 48.8 cm³/mol. The van der Waals surface area contributed by atoms with E-state index in [-0.39, 0.29) is 5.56 Å². The van der Waals surface area contributed by atoms with Gasteiger partial charge in [-0.05, 0) is 11.6 Å². The molecule has 1 aliphatic rings. The van der Waals surface area contributed by atoms with Crippen molar-refractivity contribution in [3.8, 4) is 0 Å². The topological polar surface area (TPSA) is 80.9 Å². The summed E-state index contributed by atoms with van der Waals surface area (Å²) in [7, 11) is 0. The highest BCUT2D eigenvalue weighted by Gasteiger charge is 2.49. The fraction of sp³-hybridized carbons (Fsp3) is 0.200. The second-order valence-electron chi connectivity index (χ2n) is 3.32. The maximum Gasteiger partial charge on any atom is 0.250 e. The van der Waals surface area contributed by atoms with Crippen LogP contribution in [0.4, 0.5) is 0 Å². The van der Waals surface area contributed by atoms with Crippen LogP contribution in [0.15, 0.2) is 30.3 Å². The van der Waals surface area contributed by atoms with E-state index in [1.807, 2.05) is 0 Å². The minimum atomic E-state index is -2.67. The highest BCUT2D eigenvalue weighted by Crippen LogP contribution is 2.36. The van der Waals surface area contributed by atoms with Crippen molar-refractivity contribution >= 4 is 6.08 Å². The van der Waals surface area contributed by atoms with Crippen LogP contribution in [0.1, 0.15) is 11.1 Å². The van der Waals surface area contributed by atoms with Gasteiger partial charge in [-0.2, -0.15) is 0 Å². The molecule has 4 nitrogen and oxygen atoms in total. The van der Waals surface area contributed by atoms with E-state index < -0.39 is 11.6 Å². The normalized spacial score (nSPS) is 21.7. The third-order valence-corrected chi connectivity index (χ3v) is 2.34. The maximum absolute atomic E-state index is 9.56. The number of rotatable bonds is 0. The average Bonchev–Trinajstić information content (AvgIpc) is 2.13. The van der Waals surface area contributed by atoms with Crippen molar-refractivity contribution in [1.82, 2.24) is 0 Å². The van der Waals surface area contributed by atoms with Gasteiger partial charge in [0.2, 0.25) is 5.79 Å². The Balaban J connectivity index is 2.66. The zero-order chi connectivity index (χ0) is 10.4. The Morgan fingerprint density at radius 1 is 0.929 bits per heavy atom. The Bertz CT molecular complexity index is 393. The number of aliphatic hydroxyl groups is 4. The Morgan fingerprint density at radius 2 is 1.57 bits per heavy atom. The van der Waals surface area contributed by atoms with E-state index in [1.165, 1.54) is 12.1 Å². The van der Waals surface area contributed by atoms with Crippen LogP contribution in [0.3, 0.4) is 0 Å².